The number of halogens is 5. The highest BCUT2D eigenvalue weighted by atomic mass is 19.4. The summed E-state index contributed by atoms with van der Waals surface area (Å²) in [4.78, 5) is 40.4. The fourth-order valence-corrected chi connectivity index (χ4v) is 4.23. The average molecular weight is 522 g/mol. The Labute approximate surface area is 203 Å². The van der Waals surface area contributed by atoms with E-state index in [1.54, 1.807) is 12.3 Å². The molecule has 0 spiro atoms. The van der Waals surface area contributed by atoms with E-state index in [0.29, 0.717) is 57.8 Å². The highest BCUT2D eigenvalue weighted by Crippen LogP contribution is 2.29. The number of hydrogen-bond donors (Lipinski definition) is 4. The molecule has 15 heteroatoms. The van der Waals surface area contributed by atoms with Crippen LogP contribution < -0.4 is 20.9 Å². The van der Waals surface area contributed by atoms with Crippen LogP contribution in [0.25, 0.3) is 0 Å². The maximum atomic E-state index is 14.2. The van der Waals surface area contributed by atoms with E-state index in [9.17, 15) is 31.5 Å². The predicted molar refractivity (Wildman–Crippen MR) is 118 cm³/mol. The Morgan fingerprint density at radius 3 is 2.33 bits per heavy atom. The number of alkyl halides is 5. The van der Waals surface area contributed by atoms with Gasteiger partial charge >= 0.3 is 12.1 Å². The molecule has 0 radical (unpaired) electrons. The lowest BCUT2D eigenvalue weighted by atomic mass is 9.99. The number of anilines is 2. The number of piperazine rings is 1. The number of aliphatic carboxylic acids is 1. The van der Waals surface area contributed by atoms with Gasteiger partial charge < -0.3 is 20.6 Å². The molecule has 0 bridgehead atoms. The topological polar surface area (TPSA) is 127 Å². The van der Waals surface area contributed by atoms with Crippen molar-refractivity contribution in [3.05, 3.63) is 18.3 Å². The van der Waals surface area contributed by atoms with Gasteiger partial charge in [0.15, 0.2) is 0 Å². The van der Waals surface area contributed by atoms with E-state index in [1.807, 2.05) is 11.0 Å². The van der Waals surface area contributed by atoms with Crippen molar-refractivity contribution < 1.29 is 41.4 Å². The minimum Gasteiger partial charge on any atom is -0.475 e. The van der Waals surface area contributed by atoms with E-state index in [-0.39, 0.29) is 18.4 Å². The second-order valence-electron chi connectivity index (χ2n) is 8.62. The molecular formula is C21H27F5N6O4. The van der Waals surface area contributed by atoms with Crippen molar-refractivity contribution in [2.75, 3.05) is 49.5 Å². The molecule has 4 rings (SSSR count). The number of piperidine rings is 2. The number of carbonyl (C=O) groups is 3. The highest BCUT2D eigenvalue weighted by molar-refractivity contribution is 6.01. The number of hydrogen-bond acceptors (Lipinski definition) is 8. The van der Waals surface area contributed by atoms with Crippen molar-refractivity contribution >= 4 is 29.3 Å². The van der Waals surface area contributed by atoms with Crippen molar-refractivity contribution in [1.82, 2.24) is 20.5 Å². The van der Waals surface area contributed by atoms with Crippen LogP contribution in [0, 0.1) is 0 Å². The summed E-state index contributed by atoms with van der Waals surface area (Å²) in [5.74, 6) is -5.47. The van der Waals surface area contributed by atoms with Crippen molar-refractivity contribution in [3.63, 3.8) is 0 Å². The van der Waals surface area contributed by atoms with Gasteiger partial charge in [0.1, 0.15) is 11.9 Å². The van der Waals surface area contributed by atoms with Gasteiger partial charge in [-0.25, -0.2) is 18.6 Å². The fraction of sp³-hybridized carbons (Fsp3) is 0.619. The van der Waals surface area contributed by atoms with Crippen molar-refractivity contribution in [1.29, 1.82) is 0 Å². The number of carboxylic acid groups (broad SMARTS) is 1. The Hall–Kier alpha value is -3.07. The molecule has 1 aromatic heterocycles. The van der Waals surface area contributed by atoms with E-state index in [0.717, 1.165) is 5.69 Å². The number of nitrogens with zero attached hydrogens (tertiary/aromatic N) is 3. The van der Waals surface area contributed by atoms with Gasteiger partial charge in [0.25, 0.3) is 5.92 Å². The summed E-state index contributed by atoms with van der Waals surface area (Å²) in [6.07, 6.45) is -2.14. The van der Waals surface area contributed by atoms with Gasteiger partial charge in [-0.2, -0.15) is 13.2 Å². The maximum absolute atomic E-state index is 14.2. The van der Waals surface area contributed by atoms with E-state index in [4.69, 9.17) is 9.90 Å². The summed E-state index contributed by atoms with van der Waals surface area (Å²) in [6, 6.07) is 2.55. The van der Waals surface area contributed by atoms with Gasteiger partial charge in [-0.3, -0.25) is 19.8 Å². The van der Waals surface area contributed by atoms with E-state index >= 15 is 0 Å². The molecule has 2 unspecified atom stereocenters. The van der Waals surface area contributed by atoms with Crippen LogP contribution >= 0.6 is 0 Å². The van der Waals surface area contributed by atoms with Crippen LogP contribution in [-0.2, 0) is 14.4 Å². The third-order valence-electron chi connectivity index (χ3n) is 6.11. The number of aromatic nitrogens is 1. The molecule has 3 aliphatic rings. The predicted octanol–water partition coefficient (Wildman–Crippen LogP) is 1.05. The Bertz CT molecular complexity index is 938. The molecule has 10 nitrogen and oxygen atoms in total. The lowest BCUT2D eigenvalue weighted by Crippen LogP contribution is -2.61. The molecule has 4 N–H and O–H groups in total. The first-order valence-corrected chi connectivity index (χ1v) is 11.3. The van der Waals surface area contributed by atoms with E-state index in [1.165, 1.54) is 0 Å². The Morgan fingerprint density at radius 1 is 1.14 bits per heavy atom. The molecule has 3 saturated heterocycles. The Kier molecular flexibility index (Phi) is 8.66. The summed E-state index contributed by atoms with van der Waals surface area (Å²) < 4.78 is 60.1. The van der Waals surface area contributed by atoms with Gasteiger partial charge in [-0.05, 0) is 31.5 Å². The largest absolute Gasteiger partial charge is 0.490 e. The van der Waals surface area contributed by atoms with Crippen LogP contribution in [-0.4, -0.2) is 96.2 Å². The number of nitrogens with one attached hydrogen (secondary N) is 3. The fourth-order valence-electron chi connectivity index (χ4n) is 4.23. The molecule has 0 aromatic carbocycles. The SMILES string of the molecule is O=C(O)C(F)(F)F.O=C1CCC(Nc2ccc(N3CCN(C4CCNCC4(F)F)CC3)cn2)C(=O)N1. The quantitative estimate of drug-likeness (QED) is 0.339. The molecule has 0 aliphatic carbocycles. The lowest BCUT2D eigenvalue weighted by molar-refractivity contribution is -0.192. The second-order valence-corrected chi connectivity index (χ2v) is 8.62. The number of carbonyl (C=O) groups excluding carboxylic acids is 2. The second kappa shape index (κ2) is 11.3. The summed E-state index contributed by atoms with van der Waals surface area (Å²) in [7, 11) is 0. The standard InChI is InChI=1S/C19H26F2N6O2.C2HF3O2/c20-19(21)12-22-6-5-15(19)27-9-7-26(8-10-27)13-1-3-16(23-11-13)24-14-2-4-17(28)25-18(14)29;3-2(4,5)1(6)7/h1,3,11,14-15,22H,2,4-10,12H2,(H,23,24)(H,25,28,29);(H,6,7). The van der Waals surface area contributed by atoms with Crippen LogP contribution in [0.15, 0.2) is 18.3 Å². The molecule has 3 fully saturated rings. The first-order chi connectivity index (χ1) is 16.9. The van der Waals surface area contributed by atoms with Crippen LogP contribution in [0.2, 0.25) is 0 Å². The minimum atomic E-state index is -5.08. The third kappa shape index (κ3) is 7.22. The number of rotatable bonds is 4. The lowest BCUT2D eigenvalue weighted by Gasteiger charge is -2.44. The summed E-state index contributed by atoms with van der Waals surface area (Å²) in [6.45, 7) is 2.91. The molecule has 4 heterocycles. The molecule has 3 aliphatic heterocycles. The Balaban J connectivity index is 0.000000454. The van der Waals surface area contributed by atoms with Gasteiger partial charge in [-0.1, -0.05) is 0 Å². The highest BCUT2D eigenvalue weighted by Gasteiger charge is 2.45. The number of imide groups is 1. The molecule has 1 aromatic rings. The normalized spacial score (nSPS) is 24.9. The number of pyridine rings is 1. The van der Waals surface area contributed by atoms with Gasteiger partial charge in [0.05, 0.1) is 24.5 Å². The van der Waals surface area contributed by atoms with Crippen LogP contribution in [0.5, 0.6) is 0 Å². The van der Waals surface area contributed by atoms with Gasteiger partial charge in [-0.15, -0.1) is 0 Å². The zero-order chi connectivity index (χ0) is 26.5. The van der Waals surface area contributed by atoms with Crippen molar-refractivity contribution in [2.45, 2.75) is 43.4 Å². The molecule has 2 amide bonds. The van der Waals surface area contributed by atoms with E-state index in [2.05, 4.69) is 25.8 Å². The molecular weight excluding hydrogens is 495 g/mol. The van der Waals surface area contributed by atoms with Gasteiger partial charge in [0.2, 0.25) is 11.8 Å². The van der Waals surface area contributed by atoms with Crippen molar-refractivity contribution in [2.24, 2.45) is 0 Å². The monoisotopic (exact) mass is 522 g/mol. The number of carboxylic acids is 1. The molecule has 200 valence electrons. The van der Waals surface area contributed by atoms with Gasteiger partial charge in [0, 0.05) is 32.6 Å². The summed E-state index contributed by atoms with van der Waals surface area (Å²) in [5, 5.41) is 15.3. The third-order valence-corrected chi connectivity index (χ3v) is 6.11. The van der Waals surface area contributed by atoms with Crippen LogP contribution in [0.4, 0.5) is 33.5 Å². The Morgan fingerprint density at radius 2 is 1.81 bits per heavy atom. The van der Waals surface area contributed by atoms with Crippen LogP contribution in [0.3, 0.4) is 0 Å². The average Bonchev–Trinajstić information content (AvgIpc) is 2.81. The molecule has 0 saturated carbocycles. The summed E-state index contributed by atoms with van der Waals surface area (Å²) >= 11 is 0. The summed E-state index contributed by atoms with van der Waals surface area (Å²) in [5.41, 5.74) is 0.926. The van der Waals surface area contributed by atoms with Crippen LogP contribution in [0.1, 0.15) is 19.3 Å². The molecule has 36 heavy (non-hydrogen) atoms. The maximum Gasteiger partial charge on any atom is 0.490 e. The minimum absolute atomic E-state index is 0.247. The number of amides is 2. The van der Waals surface area contributed by atoms with Crippen molar-refractivity contribution in [3.8, 4) is 0 Å². The smallest absolute Gasteiger partial charge is 0.475 e. The first-order valence-electron chi connectivity index (χ1n) is 11.3. The molecule has 2 atom stereocenters. The zero-order valence-electron chi connectivity index (χ0n) is 19.2. The zero-order valence-corrected chi connectivity index (χ0v) is 19.2. The van der Waals surface area contributed by atoms with E-state index < -0.39 is 30.2 Å². The first kappa shape index (κ1) is 27.5.